The van der Waals surface area contributed by atoms with Gasteiger partial charge in [0.2, 0.25) is 0 Å². The number of hydrogen-bond acceptors (Lipinski definition) is 4. The number of aryl methyl sites for hydroxylation is 1. The molecule has 146 valence electrons. The van der Waals surface area contributed by atoms with E-state index in [4.69, 9.17) is 0 Å². The number of aromatic amines is 1. The number of aromatic nitrogens is 4. The third kappa shape index (κ3) is 3.79. The molecule has 0 fully saturated rings. The van der Waals surface area contributed by atoms with E-state index in [0.29, 0.717) is 28.2 Å². The SMILES string of the molecule is Cc1ccc(NC(=O)c2cccc(C(F)(F)F)c2)cc1-c1ncc2[nH]cnc2n1. The molecule has 0 bridgehead atoms. The molecular weight excluding hydrogens is 383 g/mol. The third-order valence-corrected chi connectivity index (χ3v) is 4.36. The van der Waals surface area contributed by atoms with Gasteiger partial charge in [-0.1, -0.05) is 12.1 Å². The van der Waals surface area contributed by atoms with E-state index in [0.717, 1.165) is 17.7 Å². The van der Waals surface area contributed by atoms with Crippen molar-refractivity contribution in [2.24, 2.45) is 0 Å². The summed E-state index contributed by atoms with van der Waals surface area (Å²) < 4.78 is 38.6. The van der Waals surface area contributed by atoms with Gasteiger partial charge < -0.3 is 10.3 Å². The fourth-order valence-corrected chi connectivity index (χ4v) is 2.85. The summed E-state index contributed by atoms with van der Waals surface area (Å²) >= 11 is 0. The average molecular weight is 397 g/mol. The molecule has 2 N–H and O–H groups in total. The number of H-pyrrole nitrogens is 1. The van der Waals surface area contributed by atoms with Crippen molar-refractivity contribution in [1.82, 2.24) is 19.9 Å². The Balaban J connectivity index is 1.63. The van der Waals surface area contributed by atoms with E-state index >= 15 is 0 Å². The van der Waals surface area contributed by atoms with Crippen molar-refractivity contribution in [2.75, 3.05) is 5.32 Å². The average Bonchev–Trinajstić information content (AvgIpc) is 3.16. The van der Waals surface area contributed by atoms with Crippen LogP contribution in [0.1, 0.15) is 21.5 Å². The Morgan fingerprint density at radius 2 is 1.93 bits per heavy atom. The van der Waals surface area contributed by atoms with E-state index in [-0.39, 0.29) is 5.56 Å². The van der Waals surface area contributed by atoms with Gasteiger partial charge in [0.25, 0.3) is 5.91 Å². The number of carbonyl (C=O) groups is 1. The molecule has 9 heteroatoms. The molecule has 0 saturated carbocycles. The van der Waals surface area contributed by atoms with Crippen LogP contribution in [0.2, 0.25) is 0 Å². The molecule has 2 heterocycles. The van der Waals surface area contributed by atoms with Crippen LogP contribution in [0.4, 0.5) is 18.9 Å². The van der Waals surface area contributed by atoms with Crippen molar-refractivity contribution in [3.8, 4) is 11.4 Å². The molecule has 1 amide bonds. The standard InChI is InChI=1S/C20H14F3N5O/c1-11-5-6-14(8-15(11)17-24-9-16-18(28-17)26-10-25-16)27-19(29)12-3-2-4-13(7-12)20(21,22)23/h2-10H,1H3,(H,27,29)(H,24,25,26,28). The van der Waals surface area contributed by atoms with Crippen LogP contribution in [0.5, 0.6) is 0 Å². The maximum atomic E-state index is 12.9. The zero-order chi connectivity index (χ0) is 20.6. The maximum Gasteiger partial charge on any atom is 0.416 e. The second kappa shape index (κ2) is 7.01. The van der Waals surface area contributed by atoms with Crippen molar-refractivity contribution in [3.63, 3.8) is 0 Å². The topological polar surface area (TPSA) is 83.6 Å². The Labute approximate surface area is 162 Å². The molecule has 0 unspecified atom stereocenters. The summed E-state index contributed by atoms with van der Waals surface area (Å²) in [7, 11) is 0. The van der Waals surface area contributed by atoms with E-state index in [1.54, 1.807) is 24.4 Å². The van der Waals surface area contributed by atoms with Crippen LogP contribution in [-0.4, -0.2) is 25.8 Å². The van der Waals surface area contributed by atoms with Gasteiger partial charge in [0, 0.05) is 16.8 Å². The minimum Gasteiger partial charge on any atom is -0.342 e. The monoisotopic (exact) mass is 397 g/mol. The second-order valence-corrected chi connectivity index (χ2v) is 6.40. The first-order valence-electron chi connectivity index (χ1n) is 8.57. The van der Waals surface area contributed by atoms with E-state index < -0.39 is 17.6 Å². The van der Waals surface area contributed by atoms with Crippen LogP contribution in [0, 0.1) is 6.92 Å². The molecule has 4 rings (SSSR count). The van der Waals surface area contributed by atoms with Crippen LogP contribution >= 0.6 is 0 Å². The van der Waals surface area contributed by atoms with Crippen molar-refractivity contribution < 1.29 is 18.0 Å². The van der Waals surface area contributed by atoms with Gasteiger partial charge in [-0.05, 0) is 42.8 Å². The number of imidazole rings is 1. The summed E-state index contributed by atoms with van der Waals surface area (Å²) in [5, 5.41) is 2.62. The summed E-state index contributed by atoms with van der Waals surface area (Å²) in [6, 6.07) is 9.38. The van der Waals surface area contributed by atoms with E-state index in [1.165, 1.54) is 18.5 Å². The minimum atomic E-state index is -4.52. The van der Waals surface area contributed by atoms with Crippen molar-refractivity contribution in [1.29, 1.82) is 0 Å². The van der Waals surface area contributed by atoms with Gasteiger partial charge in [0.15, 0.2) is 11.5 Å². The quantitative estimate of drug-likeness (QED) is 0.529. The van der Waals surface area contributed by atoms with Crippen molar-refractivity contribution in [3.05, 3.63) is 71.7 Å². The fraction of sp³-hybridized carbons (Fsp3) is 0.100. The highest BCUT2D eigenvalue weighted by Gasteiger charge is 2.30. The smallest absolute Gasteiger partial charge is 0.342 e. The molecule has 0 aliphatic rings. The maximum absolute atomic E-state index is 12.9. The van der Waals surface area contributed by atoms with Crippen LogP contribution in [0.25, 0.3) is 22.6 Å². The number of benzene rings is 2. The van der Waals surface area contributed by atoms with Gasteiger partial charge in [0.1, 0.15) is 5.52 Å². The zero-order valence-electron chi connectivity index (χ0n) is 15.1. The van der Waals surface area contributed by atoms with E-state index in [9.17, 15) is 18.0 Å². The first-order valence-corrected chi connectivity index (χ1v) is 8.57. The summed E-state index contributed by atoms with van der Waals surface area (Å²) in [6.45, 7) is 1.87. The third-order valence-electron chi connectivity index (χ3n) is 4.36. The lowest BCUT2D eigenvalue weighted by Crippen LogP contribution is -2.14. The lowest BCUT2D eigenvalue weighted by molar-refractivity contribution is -0.137. The number of alkyl halides is 3. The van der Waals surface area contributed by atoms with Crippen LogP contribution in [-0.2, 0) is 6.18 Å². The number of fused-ring (bicyclic) bond motifs is 1. The number of amides is 1. The highest BCUT2D eigenvalue weighted by Crippen LogP contribution is 2.30. The predicted octanol–water partition coefficient (Wildman–Crippen LogP) is 4.60. The minimum absolute atomic E-state index is 0.0869. The zero-order valence-corrected chi connectivity index (χ0v) is 15.1. The molecule has 0 spiro atoms. The molecule has 4 aromatic rings. The molecule has 6 nitrogen and oxygen atoms in total. The number of nitrogens with one attached hydrogen (secondary N) is 2. The fourth-order valence-electron chi connectivity index (χ4n) is 2.85. The Morgan fingerprint density at radius 1 is 1.10 bits per heavy atom. The molecule has 0 radical (unpaired) electrons. The molecule has 0 aliphatic carbocycles. The Hall–Kier alpha value is -3.75. The first-order chi connectivity index (χ1) is 13.8. The number of carbonyl (C=O) groups excluding carboxylic acids is 1. The Morgan fingerprint density at radius 3 is 2.72 bits per heavy atom. The lowest BCUT2D eigenvalue weighted by Gasteiger charge is -2.11. The summed E-state index contributed by atoms with van der Waals surface area (Å²) in [4.78, 5) is 28.2. The molecule has 29 heavy (non-hydrogen) atoms. The number of halogens is 3. The van der Waals surface area contributed by atoms with Crippen LogP contribution in [0.3, 0.4) is 0 Å². The van der Waals surface area contributed by atoms with Crippen LogP contribution in [0.15, 0.2) is 55.0 Å². The van der Waals surface area contributed by atoms with Gasteiger partial charge >= 0.3 is 6.18 Å². The molecule has 2 aromatic heterocycles. The molecule has 0 saturated heterocycles. The molecular formula is C20H14F3N5O. The number of nitrogens with zero attached hydrogens (tertiary/aromatic N) is 3. The second-order valence-electron chi connectivity index (χ2n) is 6.40. The van der Waals surface area contributed by atoms with Gasteiger partial charge in [-0.2, -0.15) is 13.2 Å². The first kappa shape index (κ1) is 18.6. The lowest BCUT2D eigenvalue weighted by atomic mass is 10.1. The predicted molar refractivity (Wildman–Crippen MR) is 101 cm³/mol. The number of hydrogen-bond donors (Lipinski definition) is 2. The van der Waals surface area contributed by atoms with Crippen molar-refractivity contribution >= 4 is 22.8 Å². The van der Waals surface area contributed by atoms with Gasteiger partial charge in [-0.25, -0.2) is 15.0 Å². The van der Waals surface area contributed by atoms with Gasteiger partial charge in [-0.15, -0.1) is 0 Å². The van der Waals surface area contributed by atoms with Gasteiger partial charge in [-0.3, -0.25) is 4.79 Å². The number of anilines is 1. The van der Waals surface area contributed by atoms with Crippen molar-refractivity contribution in [2.45, 2.75) is 13.1 Å². The Kier molecular flexibility index (Phi) is 4.50. The summed E-state index contributed by atoms with van der Waals surface area (Å²) in [5.74, 6) is -0.216. The van der Waals surface area contributed by atoms with E-state index in [1.807, 2.05) is 6.92 Å². The highest BCUT2D eigenvalue weighted by atomic mass is 19.4. The Bertz CT molecular complexity index is 1220. The summed E-state index contributed by atoms with van der Waals surface area (Å²) in [6.07, 6.45) is -1.39. The molecule has 2 aromatic carbocycles. The number of rotatable bonds is 3. The van der Waals surface area contributed by atoms with Crippen LogP contribution < -0.4 is 5.32 Å². The normalized spacial score (nSPS) is 11.6. The van der Waals surface area contributed by atoms with Gasteiger partial charge in [0.05, 0.1) is 18.1 Å². The molecule has 0 aliphatic heterocycles. The highest BCUT2D eigenvalue weighted by molar-refractivity contribution is 6.04. The van der Waals surface area contributed by atoms with E-state index in [2.05, 4.69) is 25.3 Å². The largest absolute Gasteiger partial charge is 0.416 e. The summed E-state index contributed by atoms with van der Waals surface area (Å²) in [5.41, 5.74) is 2.20. The molecule has 0 atom stereocenters.